The Kier molecular flexibility index (Phi) is 6.54. The lowest BCUT2D eigenvalue weighted by atomic mass is 10.1. The van der Waals surface area contributed by atoms with E-state index in [0.29, 0.717) is 33.8 Å². The lowest BCUT2D eigenvalue weighted by Gasteiger charge is -2.07. The van der Waals surface area contributed by atoms with Crippen LogP contribution in [0.15, 0.2) is 91.0 Å². The van der Waals surface area contributed by atoms with E-state index >= 15 is 0 Å². The topological polar surface area (TPSA) is 105 Å². The van der Waals surface area contributed by atoms with Crippen LogP contribution in [-0.2, 0) is 0 Å². The molecule has 0 radical (unpaired) electrons. The van der Waals surface area contributed by atoms with Gasteiger partial charge in [0.1, 0.15) is 17.3 Å². The van der Waals surface area contributed by atoms with Crippen molar-refractivity contribution >= 4 is 34.2 Å². The first-order valence-corrected chi connectivity index (χ1v) is 11.5. The number of H-pyrrole nitrogens is 1. The molecule has 8 nitrogen and oxygen atoms in total. The minimum Gasteiger partial charge on any atom is -0.497 e. The van der Waals surface area contributed by atoms with Gasteiger partial charge in [0, 0.05) is 28.1 Å². The van der Waals surface area contributed by atoms with Crippen LogP contribution < -0.4 is 20.1 Å². The Morgan fingerprint density at radius 3 is 1.73 bits per heavy atom. The maximum atomic E-state index is 12.7. The average molecular weight is 493 g/mol. The first kappa shape index (κ1) is 23.6. The number of aromatic nitrogens is 2. The lowest BCUT2D eigenvalue weighted by molar-refractivity contribution is 0.101. The van der Waals surface area contributed by atoms with Crippen LogP contribution in [0.4, 0.5) is 11.4 Å². The molecule has 1 heterocycles. The fourth-order valence-electron chi connectivity index (χ4n) is 3.82. The molecule has 3 N–H and O–H groups in total. The molecule has 0 saturated heterocycles. The lowest BCUT2D eigenvalue weighted by Crippen LogP contribution is -2.11. The number of anilines is 2. The Balaban J connectivity index is 1.29. The van der Waals surface area contributed by atoms with Gasteiger partial charge in [-0.25, -0.2) is 4.98 Å². The third-order valence-electron chi connectivity index (χ3n) is 5.86. The van der Waals surface area contributed by atoms with Crippen molar-refractivity contribution in [3.63, 3.8) is 0 Å². The maximum Gasteiger partial charge on any atom is 0.255 e. The predicted octanol–water partition coefficient (Wildman–Crippen LogP) is 5.75. The van der Waals surface area contributed by atoms with Crippen LogP contribution >= 0.6 is 0 Å². The number of carbonyl (C=O) groups excluding carboxylic acids is 2. The van der Waals surface area contributed by atoms with Gasteiger partial charge in [0.2, 0.25) is 0 Å². The Morgan fingerprint density at radius 1 is 0.676 bits per heavy atom. The SMILES string of the molecule is COc1ccc(NC(=O)c2ccc(-c3nc4cc(C(=O)Nc5ccc(OC)cc5)ccc4[nH]3)cc2)cc1. The number of ether oxygens (including phenoxy) is 2. The number of imidazole rings is 1. The number of fused-ring (bicyclic) bond motifs is 1. The van der Waals surface area contributed by atoms with E-state index in [1.54, 1.807) is 87.0 Å². The molecule has 0 aliphatic heterocycles. The van der Waals surface area contributed by atoms with E-state index in [2.05, 4.69) is 20.6 Å². The number of nitrogens with one attached hydrogen (secondary N) is 3. The molecule has 0 atom stereocenters. The molecule has 4 aromatic carbocycles. The molecule has 2 amide bonds. The molecule has 0 spiro atoms. The van der Waals surface area contributed by atoms with E-state index in [4.69, 9.17) is 9.47 Å². The van der Waals surface area contributed by atoms with Gasteiger partial charge in [0.25, 0.3) is 11.8 Å². The molecule has 0 saturated carbocycles. The number of aromatic amines is 1. The van der Waals surface area contributed by atoms with Crippen molar-refractivity contribution in [2.45, 2.75) is 0 Å². The molecule has 184 valence electrons. The van der Waals surface area contributed by atoms with Crippen molar-refractivity contribution in [3.05, 3.63) is 102 Å². The second-order valence-electron chi connectivity index (χ2n) is 8.26. The Hall–Kier alpha value is -5.11. The molecule has 0 fully saturated rings. The highest BCUT2D eigenvalue weighted by molar-refractivity contribution is 6.06. The van der Waals surface area contributed by atoms with E-state index in [1.165, 1.54) is 0 Å². The summed E-state index contributed by atoms with van der Waals surface area (Å²) in [6, 6.07) is 26.7. The van der Waals surface area contributed by atoms with Crippen molar-refractivity contribution in [1.82, 2.24) is 9.97 Å². The van der Waals surface area contributed by atoms with Crippen molar-refractivity contribution < 1.29 is 19.1 Å². The van der Waals surface area contributed by atoms with E-state index < -0.39 is 0 Å². The summed E-state index contributed by atoms with van der Waals surface area (Å²) >= 11 is 0. The zero-order chi connectivity index (χ0) is 25.8. The number of hydrogen-bond acceptors (Lipinski definition) is 5. The largest absolute Gasteiger partial charge is 0.497 e. The third kappa shape index (κ3) is 5.28. The highest BCUT2D eigenvalue weighted by atomic mass is 16.5. The predicted molar refractivity (Wildman–Crippen MR) is 143 cm³/mol. The van der Waals surface area contributed by atoms with E-state index in [-0.39, 0.29) is 11.8 Å². The number of carbonyl (C=O) groups is 2. The fraction of sp³-hybridized carbons (Fsp3) is 0.0690. The van der Waals surface area contributed by atoms with Gasteiger partial charge in [-0.3, -0.25) is 9.59 Å². The maximum absolute atomic E-state index is 12.7. The molecule has 1 aromatic heterocycles. The second-order valence-corrected chi connectivity index (χ2v) is 8.26. The minimum atomic E-state index is -0.233. The molecular formula is C29H24N4O4. The number of hydrogen-bond donors (Lipinski definition) is 3. The van der Waals surface area contributed by atoms with Crippen LogP contribution in [0.25, 0.3) is 22.4 Å². The second kappa shape index (κ2) is 10.2. The molecular weight excluding hydrogens is 468 g/mol. The first-order chi connectivity index (χ1) is 18.0. The number of methoxy groups -OCH3 is 2. The van der Waals surface area contributed by atoms with Gasteiger partial charge >= 0.3 is 0 Å². The first-order valence-electron chi connectivity index (χ1n) is 11.5. The van der Waals surface area contributed by atoms with Gasteiger partial charge in [-0.1, -0.05) is 12.1 Å². The van der Waals surface area contributed by atoms with E-state index in [1.807, 2.05) is 18.2 Å². The van der Waals surface area contributed by atoms with Crippen LogP contribution in [-0.4, -0.2) is 36.0 Å². The molecule has 5 aromatic rings. The highest BCUT2D eigenvalue weighted by Crippen LogP contribution is 2.23. The number of nitrogens with zero attached hydrogens (tertiary/aromatic N) is 1. The quantitative estimate of drug-likeness (QED) is 0.268. The van der Waals surface area contributed by atoms with Gasteiger partial charge in [-0.2, -0.15) is 0 Å². The summed E-state index contributed by atoms with van der Waals surface area (Å²) in [5.74, 6) is 1.63. The van der Waals surface area contributed by atoms with Gasteiger partial charge in [-0.15, -0.1) is 0 Å². The minimum absolute atomic E-state index is 0.214. The van der Waals surface area contributed by atoms with Crippen LogP contribution in [0.3, 0.4) is 0 Å². The van der Waals surface area contributed by atoms with Gasteiger partial charge in [0.15, 0.2) is 0 Å². The molecule has 0 unspecified atom stereocenters. The van der Waals surface area contributed by atoms with Crippen molar-refractivity contribution in [3.8, 4) is 22.9 Å². The molecule has 0 aliphatic carbocycles. The molecule has 0 aliphatic rings. The van der Waals surface area contributed by atoms with Gasteiger partial charge in [0.05, 0.1) is 25.3 Å². The summed E-state index contributed by atoms with van der Waals surface area (Å²) in [6.07, 6.45) is 0. The van der Waals surface area contributed by atoms with Crippen LogP contribution in [0, 0.1) is 0 Å². The smallest absolute Gasteiger partial charge is 0.255 e. The summed E-state index contributed by atoms with van der Waals surface area (Å²) in [5, 5.41) is 5.74. The van der Waals surface area contributed by atoms with Gasteiger partial charge in [-0.05, 0) is 78.9 Å². The zero-order valence-corrected chi connectivity index (χ0v) is 20.2. The number of benzene rings is 4. The summed E-state index contributed by atoms with van der Waals surface area (Å²) < 4.78 is 10.3. The van der Waals surface area contributed by atoms with Crippen LogP contribution in [0.2, 0.25) is 0 Å². The Bertz CT molecular complexity index is 1560. The average Bonchev–Trinajstić information content (AvgIpc) is 3.37. The van der Waals surface area contributed by atoms with Crippen LogP contribution in [0.5, 0.6) is 11.5 Å². The van der Waals surface area contributed by atoms with E-state index in [0.717, 1.165) is 22.6 Å². The van der Waals surface area contributed by atoms with E-state index in [9.17, 15) is 9.59 Å². The normalized spacial score (nSPS) is 10.6. The van der Waals surface area contributed by atoms with Crippen molar-refractivity contribution in [2.24, 2.45) is 0 Å². The third-order valence-corrected chi connectivity index (χ3v) is 5.86. The number of amides is 2. The summed E-state index contributed by atoms with van der Waals surface area (Å²) in [6.45, 7) is 0. The van der Waals surface area contributed by atoms with Crippen molar-refractivity contribution in [2.75, 3.05) is 24.9 Å². The summed E-state index contributed by atoms with van der Waals surface area (Å²) in [4.78, 5) is 33.3. The molecule has 37 heavy (non-hydrogen) atoms. The monoisotopic (exact) mass is 492 g/mol. The van der Waals surface area contributed by atoms with Crippen LogP contribution in [0.1, 0.15) is 20.7 Å². The zero-order valence-electron chi connectivity index (χ0n) is 20.2. The van der Waals surface area contributed by atoms with Gasteiger partial charge < -0.3 is 25.1 Å². The summed E-state index contributed by atoms with van der Waals surface area (Å²) in [5.41, 5.74) is 4.65. The molecule has 0 bridgehead atoms. The molecule has 8 heteroatoms. The Morgan fingerprint density at radius 2 is 1.19 bits per heavy atom. The molecule has 5 rings (SSSR count). The number of rotatable bonds is 7. The van der Waals surface area contributed by atoms with Crippen molar-refractivity contribution in [1.29, 1.82) is 0 Å². The standard InChI is InChI=1S/C29H24N4O4/c1-36-23-12-8-21(9-13-23)30-28(34)19-5-3-18(4-6-19)27-32-25-16-7-20(17-26(25)33-27)29(35)31-22-10-14-24(37-2)15-11-22/h3-17H,1-2H3,(H,30,34)(H,31,35)(H,32,33). The summed E-state index contributed by atoms with van der Waals surface area (Å²) in [7, 11) is 3.19. The highest BCUT2D eigenvalue weighted by Gasteiger charge is 2.12. The fourth-order valence-corrected chi connectivity index (χ4v) is 3.82. The Labute approximate surface area is 213 Å².